The first-order chi connectivity index (χ1) is 23.3. The third kappa shape index (κ3) is 10.8. The Morgan fingerprint density at radius 1 is 0.980 bits per heavy atom. The number of aliphatic hydroxyl groups is 2. The quantitative estimate of drug-likeness (QED) is 0.178. The van der Waals surface area contributed by atoms with Crippen molar-refractivity contribution in [1.29, 1.82) is 0 Å². The van der Waals surface area contributed by atoms with E-state index in [9.17, 15) is 33.0 Å². The van der Waals surface area contributed by atoms with Crippen LogP contribution in [0, 0.1) is 5.92 Å². The molecular weight excluding hydrogens is 655 g/mol. The summed E-state index contributed by atoms with van der Waals surface area (Å²) in [6.45, 7) is 3.45. The van der Waals surface area contributed by atoms with Crippen molar-refractivity contribution in [2.45, 2.75) is 35.5 Å². The Hall–Kier alpha value is -4.36. The fraction of sp³-hybridized carbons (Fsp3) is 0.297. The van der Waals surface area contributed by atoms with Gasteiger partial charge in [-0.2, -0.15) is 13.2 Å². The zero-order valence-corrected chi connectivity index (χ0v) is 28.3. The molecule has 1 aliphatic rings. The van der Waals surface area contributed by atoms with Gasteiger partial charge < -0.3 is 30.1 Å². The van der Waals surface area contributed by atoms with Gasteiger partial charge in [0.1, 0.15) is 0 Å². The van der Waals surface area contributed by atoms with E-state index in [1.807, 2.05) is 13.0 Å². The van der Waals surface area contributed by atoms with Gasteiger partial charge in [-0.1, -0.05) is 67.2 Å². The minimum Gasteiger partial charge on any atom is -0.490 e. The number of carbonyl (C=O) groups excluding carboxylic acids is 2. The van der Waals surface area contributed by atoms with Gasteiger partial charge in [-0.15, -0.1) is 0 Å². The maximum Gasteiger partial charge on any atom is 0.416 e. The first-order valence-corrected chi connectivity index (χ1v) is 16.5. The van der Waals surface area contributed by atoms with Crippen molar-refractivity contribution in [1.82, 2.24) is 9.80 Å². The number of aliphatic hydroxyl groups excluding tert-OH is 2. The largest absolute Gasteiger partial charge is 0.490 e. The second-order valence-corrected chi connectivity index (χ2v) is 13.0. The molecular formula is C37H40F3N3O5S. The van der Waals surface area contributed by atoms with Crippen LogP contribution in [0.5, 0.6) is 5.75 Å². The predicted octanol–water partition coefficient (Wildman–Crippen LogP) is 6.74. The minimum absolute atomic E-state index is 0.0194. The van der Waals surface area contributed by atoms with Crippen LogP contribution in [0.1, 0.15) is 40.1 Å². The van der Waals surface area contributed by atoms with E-state index in [0.29, 0.717) is 6.54 Å². The lowest BCUT2D eigenvalue weighted by Crippen LogP contribution is -2.40. The summed E-state index contributed by atoms with van der Waals surface area (Å²) in [7, 11) is 4.18. The van der Waals surface area contributed by atoms with Crippen LogP contribution in [0.25, 0.3) is 0 Å². The van der Waals surface area contributed by atoms with Gasteiger partial charge in [0.2, 0.25) is 0 Å². The van der Waals surface area contributed by atoms with Crippen molar-refractivity contribution in [3.05, 3.63) is 119 Å². The average molecular weight is 696 g/mol. The Bertz CT molecular complexity index is 1670. The maximum atomic E-state index is 12.9. The average Bonchev–Trinajstić information content (AvgIpc) is 3.07. The van der Waals surface area contributed by atoms with Gasteiger partial charge in [0.15, 0.2) is 11.9 Å². The van der Waals surface area contributed by atoms with E-state index in [1.165, 1.54) is 38.5 Å². The second kappa shape index (κ2) is 17.3. The summed E-state index contributed by atoms with van der Waals surface area (Å²) in [6, 6.07) is 27.4. The van der Waals surface area contributed by atoms with Crippen LogP contribution >= 0.6 is 11.8 Å². The number of β-amino-alcohol motifs (C(OH)–C–C–N with tert-alkyl or cyclic N) is 1. The van der Waals surface area contributed by atoms with Crippen molar-refractivity contribution in [3.8, 4) is 5.75 Å². The summed E-state index contributed by atoms with van der Waals surface area (Å²) < 4.78 is 43.9. The van der Waals surface area contributed by atoms with Crippen LogP contribution in [0.3, 0.4) is 0 Å². The van der Waals surface area contributed by atoms with E-state index in [2.05, 4.69) is 72.8 Å². The Kier molecular flexibility index (Phi) is 13.3. The van der Waals surface area contributed by atoms with Crippen LogP contribution in [0.15, 0.2) is 107 Å². The lowest BCUT2D eigenvalue weighted by Gasteiger charge is -2.30. The van der Waals surface area contributed by atoms with Crippen LogP contribution in [0.4, 0.5) is 18.9 Å². The third-order valence-electron chi connectivity index (χ3n) is 7.41. The number of para-hydroxylation sites is 1. The predicted molar refractivity (Wildman–Crippen MR) is 184 cm³/mol. The van der Waals surface area contributed by atoms with Crippen LogP contribution in [-0.4, -0.2) is 72.2 Å². The molecule has 260 valence electrons. The molecule has 0 spiro atoms. The van der Waals surface area contributed by atoms with Crippen molar-refractivity contribution in [2.24, 2.45) is 5.92 Å². The lowest BCUT2D eigenvalue weighted by molar-refractivity contribution is -0.137. The summed E-state index contributed by atoms with van der Waals surface area (Å²) in [5.41, 5.74) is 0.769. The Morgan fingerprint density at radius 2 is 1.63 bits per heavy atom. The van der Waals surface area contributed by atoms with Crippen molar-refractivity contribution < 1.29 is 37.7 Å². The molecule has 12 heteroatoms. The number of rotatable bonds is 9. The number of hydrogen-bond acceptors (Lipinski definition) is 7. The van der Waals surface area contributed by atoms with E-state index in [-0.39, 0.29) is 54.1 Å². The molecule has 0 saturated carbocycles. The molecule has 0 radical (unpaired) electrons. The number of carbonyl (C=O) groups is 2. The molecule has 5 rings (SSSR count). The Morgan fingerprint density at radius 3 is 2.24 bits per heavy atom. The van der Waals surface area contributed by atoms with Crippen molar-refractivity contribution >= 4 is 29.3 Å². The SMILES string of the molecule is CN(C)Cc1ccc(Sc2ccccc2)cc1.C[C@H]1COc2c(NC(=O)C(O)c3ccc(C(F)(F)F)cc3)cccc2C(=O)N(CCO)C1. The van der Waals surface area contributed by atoms with Gasteiger partial charge in [-0.3, -0.25) is 9.59 Å². The van der Waals surface area contributed by atoms with Gasteiger partial charge in [0.05, 0.1) is 30.0 Å². The standard InChI is InChI=1S/C22H23F3N2O5.C15H17NS/c1-13-11-27(9-10-28)21(31)16-3-2-4-17(19(16)32-12-13)26-20(30)18(29)14-5-7-15(8-6-14)22(23,24)25;1-16(2)12-13-8-10-15(11-9-13)17-14-6-4-3-5-7-14/h2-8,13,18,28-29H,9-12H2,1H3,(H,26,30);3-11H,12H2,1-2H3/t13-,18?;/m1./s1. The maximum absolute atomic E-state index is 12.9. The van der Waals surface area contributed by atoms with Crippen LogP contribution in [0.2, 0.25) is 0 Å². The summed E-state index contributed by atoms with van der Waals surface area (Å²) in [5.74, 6) is -1.18. The fourth-order valence-electron chi connectivity index (χ4n) is 5.04. The summed E-state index contributed by atoms with van der Waals surface area (Å²) in [5, 5.41) is 22.1. The van der Waals surface area contributed by atoms with E-state index in [1.54, 1.807) is 11.8 Å². The summed E-state index contributed by atoms with van der Waals surface area (Å²) >= 11 is 1.80. The molecule has 0 aromatic heterocycles. The topological polar surface area (TPSA) is 102 Å². The molecule has 4 aromatic carbocycles. The smallest absolute Gasteiger partial charge is 0.416 e. The highest BCUT2D eigenvalue weighted by Gasteiger charge is 2.31. The summed E-state index contributed by atoms with van der Waals surface area (Å²) in [4.78, 5) is 31.7. The Labute approximate surface area is 288 Å². The molecule has 1 aliphatic heterocycles. The molecule has 1 heterocycles. The number of nitrogens with one attached hydrogen (secondary N) is 1. The van der Waals surface area contributed by atoms with Gasteiger partial charge in [-0.05, 0) is 73.8 Å². The van der Waals surface area contributed by atoms with Gasteiger partial charge in [0, 0.05) is 35.3 Å². The van der Waals surface area contributed by atoms with Crippen molar-refractivity contribution in [2.75, 3.05) is 45.7 Å². The van der Waals surface area contributed by atoms with Gasteiger partial charge in [0.25, 0.3) is 11.8 Å². The zero-order chi connectivity index (χ0) is 35.6. The van der Waals surface area contributed by atoms with Crippen molar-refractivity contribution in [3.63, 3.8) is 0 Å². The number of amides is 2. The number of hydrogen-bond donors (Lipinski definition) is 3. The first-order valence-electron chi connectivity index (χ1n) is 15.6. The number of ether oxygens (including phenoxy) is 1. The first kappa shape index (κ1) is 37.5. The molecule has 4 aromatic rings. The second-order valence-electron chi connectivity index (χ2n) is 11.9. The highest BCUT2D eigenvalue weighted by Crippen LogP contribution is 2.34. The number of benzene rings is 4. The summed E-state index contributed by atoms with van der Waals surface area (Å²) in [6.07, 6.45) is -6.26. The van der Waals surface area contributed by atoms with E-state index in [4.69, 9.17) is 4.74 Å². The molecule has 49 heavy (non-hydrogen) atoms. The molecule has 8 nitrogen and oxygen atoms in total. The van der Waals surface area contributed by atoms with E-state index < -0.39 is 23.8 Å². The molecule has 0 aliphatic carbocycles. The monoisotopic (exact) mass is 695 g/mol. The van der Waals surface area contributed by atoms with E-state index in [0.717, 1.165) is 30.8 Å². The number of halogens is 3. The molecule has 2 amide bonds. The zero-order valence-electron chi connectivity index (χ0n) is 27.5. The van der Waals surface area contributed by atoms with Gasteiger partial charge >= 0.3 is 6.18 Å². The van der Waals surface area contributed by atoms with E-state index >= 15 is 0 Å². The third-order valence-corrected chi connectivity index (χ3v) is 8.42. The molecule has 0 fully saturated rings. The molecule has 2 atom stereocenters. The lowest BCUT2D eigenvalue weighted by atomic mass is 10.0. The minimum atomic E-state index is -4.53. The highest BCUT2D eigenvalue weighted by atomic mass is 32.2. The normalized spacial score (nSPS) is 15.2. The fourth-order valence-corrected chi connectivity index (χ4v) is 5.88. The highest BCUT2D eigenvalue weighted by molar-refractivity contribution is 7.99. The number of fused-ring (bicyclic) bond motifs is 1. The number of nitrogens with zero attached hydrogens (tertiary/aromatic N) is 2. The molecule has 0 bridgehead atoms. The van der Waals surface area contributed by atoms with Crippen LogP contribution < -0.4 is 10.1 Å². The van der Waals surface area contributed by atoms with Gasteiger partial charge in [-0.25, -0.2) is 0 Å². The van der Waals surface area contributed by atoms with Crippen LogP contribution in [-0.2, 0) is 17.5 Å². The number of alkyl halides is 3. The molecule has 0 saturated heterocycles. The number of anilines is 1. The Balaban J connectivity index is 0.000000266. The molecule has 1 unspecified atom stereocenters. The molecule has 3 N–H and O–H groups in total.